The Hall–Kier alpha value is -0.980. The Kier molecular flexibility index (Phi) is 4.78. The minimum absolute atomic E-state index is 0.0416. The first kappa shape index (κ1) is 15.4. The average Bonchev–Trinajstić information content (AvgIpc) is 2.82. The van der Waals surface area contributed by atoms with Gasteiger partial charge in [-0.15, -0.1) is 0 Å². The molecule has 1 aromatic rings. The summed E-state index contributed by atoms with van der Waals surface area (Å²) in [7, 11) is -3.80. The lowest BCUT2D eigenvalue weighted by atomic mass is 10.0. The molecular formula is C14H21FN2O2S. The van der Waals surface area contributed by atoms with Gasteiger partial charge in [0.2, 0.25) is 10.0 Å². The zero-order chi connectivity index (χ0) is 14.8. The van der Waals surface area contributed by atoms with E-state index >= 15 is 0 Å². The largest absolute Gasteiger partial charge is 0.301 e. The molecule has 20 heavy (non-hydrogen) atoms. The summed E-state index contributed by atoms with van der Waals surface area (Å²) in [5, 5.41) is 5.18. The van der Waals surface area contributed by atoms with Gasteiger partial charge >= 0.3 is 0 Å². The van der Waals surface area contributed by atoms with Crippen LogP contribution in [0.4, 0.5) is 4.39 Å². The molecular weight excluding hydrogens is 279 g/mol. The fourth-order valence-electron chi connectivity index (χ4n) is 2.98. The van der Waals surface area contributed by atoms with Gasteiger partial charge < -0.3 is 4.90 Å². The number of hydrogen-bond donors (Lipinski definition) is 1. The highest BCUT2D eigenvalue weighted by Gasteiger charge is 2.23. The highest BCUT2D eigenvalue weighted by Crippen LogP contribution is 2.24. The number of primary sulfonamides is 1. The van der Waals surface area contributed by atoms with E-state index in [9.17, 15) is 12.8 Å². The topological polar surface area (TPSA) is 63.4 Å². The van der Waals surface area contributed by atoms with Crippen molar-refractivity contribution < 1.29 is 12.8 Å². The molecule has 0 bridgehead atoms. The Morgan fingerprint density at radius 2 is 2.20 bits per heavy atom. The van der Waals surface area contributed by atoms with Gasteiger partial charge in [0, 0.05) is 6.04 Å². The van der Waals surface area contributed by atoms with E-state index in [2.05, 4.69) is 11.8 Å². The molecule has 0 unspecified atom stereocenters. The molecule has 0 aliphatic carbocycles. The summed E-state index contributed by atoms with van der Waals surface area (Å²) >= 11 is 0. The Bertz CT molecular complexity index is 575. The van der Waals surface area contributed by atoms with Crippen LogP contribution in [0.3, 0.4) is 0 Å². The smallest absolute Gasteiger partial charge is 0.238 e. The highest BCUT2D eigenvalue weighted by molar-refractivity contribution is 7.89. The molecule has 0 spiro atoms. The van der Waals surface area contributed by atoms with Crippen LogP contribution >= 0.6 is 0 Å². The predicted octanol–water partition coefficient (Wildman–Crippen LogP) is 1.89. The molecule has 0 aromatic heterocycles. The lowest BCUT2D eigenvalue weighted by molar-refractivity contribution is 0.255. The van der Waals surface area contributed by atoms with Gasteiger partial charge in [-0.2, -0.15) is 0 Å². The molecule has 1 atom stereocenters. The molecule has 1 aliphatic rings. The third-order valence-corrected chi connectivity index (χ3v) is 4.99. The molecule has 1 saturated heterocycles. The quantitative estimate of drug-likeness (QED) is 0.903. The van der Waals surface area contributed by atoms with Crippen molar-refractivity contribution in [3.8, 4) is 0 Å². The number of nitrogens with zero attached hydrogens (tertiary/aromatic N) is 1. The number of halogens is 1. The number of nitrogens with two attached hydrogens (primary N) is 1. The van der Waals surface area contributed by atoms with Crippen LogP contribution in [0.1, 0.15) is 31.7 Å². The van der Waals surface area contributed by atoms with Crippen LogP contribution < -0.4 is 5.14 Å². The Morgan fingerprint density at radius 1 is 1.45 bits per heavy atom. The predicted molar refractivity (Wildman–Crippen MR) is 76.4 cm³/mol. The molecule has 1 aromatic carbocycles. The fraction of sp³-hybridized carbons (Fsp3) is 0.571. The fourth-order valence-corrected chi connectivity index (χ4v) is 3.77. The van der Waals surface area contributed by atoms with E-state index in [1.807, 2.05) is 0 Å². The number of hydrogen-bond acceptors (Lipinski definition) is 3. The van der Waals surface area contributed by atoms with Gasteiger partial charge in [-0.3, -0.25) is 0 Å². The van der Waals surface area contributed by atoms with Crippen LogP contribution in [0.25, 0.3) is 0 Å². The maximum atomic E-state index is 13.3. The van der Waals surface area contributed by atoms with Gasteiger partial charge in [0.15, 0.2) is 0 Å². The third-order valence-electron chi connectivity index (χ3n) is 3.98. The van der Waals surface area contributed by atoms with E-state index in [-0.39, 0.29) is 4.90 Å². The minimum Gasteiger partial charge on any atom is -0.301 e. The molecule has 1 fully saturated rings. The van der Waals surface area contributed by atoms with E-state index in [4.69, 9.17) is 5.14 Å². The first-order valence-electron chi connectivity index (χ1n) is 6.97. The molecule has 6 heteroatoms. The Balaban J connectivity index is 2.15. The summed E-state index contributed by atoms with van der Waals surface area (Å²) in [4.78, 5) is 2.43. The summed E-state index contributed by atoms with van der Waals surface area (Å²) in [6.07, 6.45) is 3.65. The SMILES string of the molecule is CCN1CCC[C@@H]1CCc1cc(F)ccc1S(N)(=O)=O. The zero-order valence-electron chi connectivity index (χ0n) is 11.7. The second kappa shape index (κ2) is 6.20. The summed E-state index contributed by atoms with van der Waals surface area (Å²) in [6.45, 7) is 4.21. The van der Waals surface area contributed by atoms with E-state index in [0.717, 1.165) is 32.0 Å². The van der Waals surface area contributed by atoms with E-state index in [1.54, 1.807) is 0 Å². The van der Waals surface area contributed by atoms with Crippen molar-refractivity contribution in [2.24, 2.45) is 5.14 Å². The van der Waals surface area contributed by atoms with Gasteiger partial charge in [-0.1, -0.05) is 6.92 Å². The maximum absolute atomic E-state index is 13.3. The van der Waals surface area contributed by atoms with Crippen molar-refractivity contribution in [3.63, 3.8) is 0 Å². The van der Waals surface area contributed by atoms with Gasteiger partial charge in [-0.25, -0.2) is 17.9 Å². The highest BCUT2D eigenvalue weighted by atomic mass is 32.2. The molecule has 2 rings (SSSR count). The summed E-state index contributed by atoms with van der Waals surface area (Å²) in [6, 6.07) is 4.13. The molecule has 0 amide bonds. The van der Waals surface area contributed by atoms with Crippen molar-refractivity contribution in [1.82, 2.24) is 4.90 Å². The van der Waals surface area contributed by atoms with Crippen molar-refractivity contribution in [1.29, 1.82) is 0 Å². The lowest BCUT2D eigenvalue weighted by Gasteiger charge is -2.22. The minimum atomic E-state index is -3.80. The standard InChI is InChI=1S/C14H21FN2O2S/c1-2-17-9-3-4-13(17)7-5-11-10-12(15)6-8-14(11)20(16,18)19/h6,8,10,13H,2-5,7,9H2,1H3,(H2,16,18,19)/t13-/m1/s1. The molecule has 112 valence electrons. The van der Waals surface area contributed by atoms with Crippen LogP contribution in [0.2, 0.25) is 0 Å². The number of rotatable bonds is 5. The van der Waals surface area contributed by atoms with Crippen molar-refractivity contribution in [3.05, 3.63) is 29.6 Å². The summed E-state index contributed by atoms with van der Waals surface area (Å²) in [5.74, 6) is -0.425. The maximum Gasteiger partial charge on any atom is 0.238 e. The van der Waals surface area contributed by atoms with E-state index < -0.39 is 15.8 Å². The monoisotopic (exact) mass is 300 g/mol. The molecule has 1 aliphatic heterocycles. The second-order valence-electron chi connectivity index (χ2n) is 5.26. The first-order valence-corrected chi connectivity index (χ1v) is 8.51. The normalized spacial score (nSPS) is 20.4. The molecule has 2 N–H and O–H groups in total. The van der Waals surface area contributed by atoms with Crippen molar-refractivity contribution >= 4 is 10.0 Å². The zero-order valence-corrected chi connectivity index (χ0v) is 12.5. The van der Waals surface area contributed by atoms with E-state index in [1.165, 1.54) is 18.6 Å². The van der Waals surface area contributed by atoms with Crippen LogP contribution in [0.5, 0.6) is 0 Å². The molecule has 0 radical (unpaired) electrons. The van der Waals surface area contributed by atoms with Crippen LogP contribution in [-0.2, 0) is 16.4 Å². The first-order chi connectivity index (χ1) is 9.41. The number of likely N-dealkylation sites (tertiary alicyclic amines) is 1. The second-order valence-corrected chi connectivity index (χ2v) is 6.79. The van der Waals surface area contributed by atoms with Crippen molar-refractivity contribution in [2.45, 2.75) is 43.5 Å². The summed E-state index contributed by atoms with van der Waals surface area (Å²) < 4.78 is 36.4. The number of aryl methyl sites for hydroxylation is 1. The van der Waals surface area contributed by atoms with Gasteiger partial charge in [0.1, 0.15) is 5.82 Å². The molecule has 0 saturated carbocycles. The van der Waals surface area contributed by atoms with Gasteiger partial charge in [0.25, 0.3) is 0 Å². The van der Waals surface area contributed by atoms with Crippen LogP contribution in [0.15, 0.2) is 23.1 Å². The van der Waals surface area contributed by atoms with E-state index in [0.29, 0.717) is 18.0 Å². The average molecular weight is 300 g/mol. The van der Waals surface area contributed by atoms with Crippen LogP contribution in [-0.4, -0.2) is 32.4 Å². The summed E-state index contributed by atoms with van der Waals surface area (Å²) in [5.41, 5.74) is 0.482. The van der Waals surface area contributed by atoms with Gasteiger partial charge in [0.05, 0.1) is 4.90 Å². The van der Waals surface area contributed by atoms with Gasteiger partial charge in [-0.05, 0) is 62.5 Å². The van der Waals surface area contributed by atoms with Crippen LogP contribution in [0, 0.1) is 5.82 Å². The molecule has 1 heterocycles. The molecule has 4 nitrogen and oxygen atoms in total. The Labute approximate surface area is 119 Å². The number of sulfonamides is 1. The third kappa shape index (κ3) is 3.56. The number of benzene rings is 1. The Morgan fingerprint density at radius 3 is 2.85 bits per heavy atom. The van der Waals surface area contributed by atoms with Crippen molar-refractivity contribution in [2.75, 3.05) is 13.1 Å². The lowest BCUT2D eigenvalue weighted by Crippen LogP contribution is -2.29.